The number of hydrogen-bond acceptors (Lipinski definition) is 1. The molecule has 0 fully saturated rings. The third-order valence-electron chi connectivity index (χ3n) is 2.47. The molecule has 0 amide bonds. The van der Waals surface area contributed by atoms with Crippen LogP contribution in [0.3, 0.4) is 0 Å². The monoisotopic (exact) mass is 337 g/mol. The fourth-order valence-corrected chi connectivity index (χ4v) is 2.06. The van der Waals surface area contributed by atoms with E-state index >= 15 is 0 Å². The zero-order valence-electron chi connectivity index (χ0n) is 10.1. The van der Waals surface area contributed by atoms with Crippen LogP contribution < -0.4 is 11.1 Å². The zero-order valence-corrected chi connectivity index (χ0v) is 12.4. The highest BCUT2D eigenvalue weighted by Crippen LogP contribution is 2.25. The first-order chi connectivity index (χ1) is 9.15. The van der Waals surface area contributed by atoms with E-state index in [9.17, 15) is 0 Å². The van der Waals surface area contributed by atoms with Crippen LogP contribution in [0.1, 0.15) is 5.56 Å². The van der Waals surface area contributed by atoms with Gasteiger partial charge in [0.15, 0.2) is 5.96 Å². The lowest BCUT2D eigenvalue weighted by atomic mass is 10.2. The Morgan fingerprint density at radius 1 is 1.21 bits per heavy atom. The number of benzene rings is 2. The van der Waals surface area contributed by atoms with Crippen molar-refractivity contribution in [3.05, 3.63) is 63.6 Å². The second kappa shape index (κ2) is 6.59. The standard InChI is InChI=1S/C14H13BrClN3/c15-11-6-7-12(16)13(8-11)19-14(17)18-9-10-4-2-1-3-5-10/h1-8H,9H2,(H3,17,18,19). The number of nitrogens with zero attached hydrogens (tertiary/aromatic N) is 1. The molecule has 3 nitrogen and oxygen atoms in total. The minimum atomic E-state index is 0.337. The number of halogens is 2. The number of nitrogens with two attached hydrogens (primary N) is 1. The van der Waals surface area contributed by atoms with Crippen LogP contribution in [0.25, 0.3) is 0 Å². The van der Waals surface area contributed by atoms with Gasteiger partial charge in [-0.25, -0.2) is 4.99 Å². The van der Waals surface area contributed by atoms with Gasteiger partial charge in [-0.3, -0.25) is 0 Å². The zero-order chi connectivity index (χ0) is 13.7. The summed E-state index contributed by atoms with van der Waals surface area (Å²) in [4.78, 5) is 4.27. The topological polar surface area (TPSA) is 50.4 Å². The number of guanidine groups is 1. The van der Waals surface area contributed by atoms with E-state index in [0.717, 1.165) is 15.7 Å². The van der Waals surface area contributed by atoms with Crippen LogP contribution in [-0.2, 0) is 6.54 Å². The van der Waals surface area contributed by atoms with E-state index in [1.807, 2.05) is 42.5 Å². The summed E-state index contributed by atoms with van der Waals surface area (Å²) in [6.07, 6.45) is 0. The van der Waals surface area contributed by atoms with Gasteiger partial charge in [0.1, 0.15) is 0 Å². The lowest BCUT2D eigenvalue weighted by molar-refractivity contribution is 1.06. The quantitative estimate of drug-likeness (QED) is 0.656. The Labute approximate surface area is 125 Å². The van der Waals surface area contributed by atoms with Crippen molar-refractivity contribution in [2.75, 3.05) is 5.32 Å². The Hall–Kier alpha value is -1.52. The number of nitrogens with one attached hydrogen (secondary N) is 1. The van der Waals surface area contributed by atoms with Crippen molar-refractivity contribution in [3.63, 3.8) is 0 Å². The molecule has 3 N–H and O–H groups in total. The maximum atomic E-state index is 6.06. The lowest BCUT2D eigenvalue weighted by Crippen LogP contribution is -2.22. The summed E-state index contributed by atoms with van der Waals surface area (Å²) in [5.41, 5.74) is 7.67. The summed E-state index contributed by atoms with van der Waals surface area (Å²) in [5.74, 6) is 0.337. The molecule has 0 bridgehead atoms. The molecule has 0 spiro atoms. The van der Waals surface area contributed by atoms with Gasteiger partial charge in [0, 0.05) is 4.47 Å². The molecular formula is C14H13BrClN3. The van der Waals surface area contributed by atoms with Crippen molar-refractivity contribution in [1.82, 2.24) is 0 Å². The summed E-state index contributed by atoms with van der Waals surface area (Å²) in [6, 6.07) is 15.4. The van der Waals surface area contributed by atoms with Gasteiger partial charge >= 0.3 is 0 Å². The molecular weight excluding hydrogens is 326 g/mol. The largest absolute Gasteiger partial charge is 0.370 e. The van der Waals surface area contributed by atoms with Crippen molar-refractivity contribution in [1.29, 1.82) is 0 Å². The van der Waals surface area contributed by atoms with E-state index in [4.69, 9.17) is 17.3 Å². The number of hydrogen-bond donors (Lipinski definition) is 2. The first kappa shape index (κ1) is 13.9. The average Bonchev–Trinajstić information content (AvgIpc) is 2.42. The van der Waals surface area contributed by atoms with Crippen LogP contribution >= 0.6 is 27.5 Å². The Morgan fingerprint density at radius 3 is 2.68 bits per heavy atom. The Bertz CT molecular complexity index is 584. The average molecular weight is 339 g/mol. The summed E-state index contributed by atoms with van der Waals surface area (Å²) < 4.78 is 0.926. The fourth-order valence-electron chi connectivity index (χ4n) is 1.53. The van der Waals surface area contributed by atoms with Crippen LogP contribution in [0.4, 0.5) is 5.69 Å². The van der Waals surface area contributed by atoms with E-state index < -0.39 is 0 Å². The van der Waals surface area contributed by atoms with Gasteiger partial charge in [0.25, 0.3) is 0 Å². The van der Waals surface area contributed by atoms with Crippen molar-refractivity contribution < 1.29 is 0 Å². The summed E-state index contributed by atoms with van der Waals surface area (Å²) in [7, 11) is 0. The number of anilines is 1. The van der Waals surface area contributed by atoms with Crippen molar-refractivity contribution >= 4 is 39.2 Å². The van der Waals surface area contributed by atoms with Gasteiger partial charge in [0.2, 0.25) is 0 Å². The molecule has 0 heterocycles. The predicted octanol–water partition coefficient (Wildman–Crippen LogP) is 4.03. The Balaban J connectivity index is 2.04. The van der Waals surface area contributed by atoms with Crippen LogP contribution in [0.5, 0.6) is 0 Å². The number of rotatable bonds is 3. The van der Waals surface area contributed by atoms with Gasteiger partial charge in [-0.05, 0) is 23.8 Å². The van der Waals surface area contributed by atoms with Gasteiger partial charge < -0.3 is 11.1 Å². The van der Waals surface area contributed by atoms with Gasteiger partial charge in [-0.1, -0.05) is 57.9 Å². The second-order valence-corrected chi connectivity index (χ2v) is 5.26. The maximum absolute atomic E-state index is 6.06. The minimum Gasteiger partial charge on any atom is -0.370 e. The van der Waals surface area contributed by atoms with Crippen molar-refractivity contribution in [3.8, 4) is 0 Å². The summed E-state index contributed by atoms with van der Waals surface area (Å²) in [5, 5.41) is 3.59. The predicted molar refractivity (Wildman–Crippen MR) is 84.5 cm³/mol. The molecule has 5 heteroatoms. The summed E-state index contributed by atoms with van der Waals surface area (Å²) in [6.45, 7) is 0.533. The minimum absolute atomic E-state index is 0.337. The van der Waals surface area contributed by atoms with Gasteiger partial charge in [0.05, 0.1) is 17.3 Å². The molecule has 0 saturated carbocycles. The summed E-state index contributed by atoms with van der Waals surface area (Å²) >= 11 is 9.45. The SMILES string of the molecule is NC(=NCc1ccccc1)Nc1cc(Br)ccc1Cl. The highest BCUT2D eigenvalue weighted by atomic mass is 79.9. The molecule has 0 atom stereocenters. The Morgan fingerprint density at radius 2 is 1.95 bits per heavy atom. The molecule has 2 aromatic carbocycles. The molecule has 0 aromatic heterocycles. The third-order valence-corrected chi connectivity index (χ3v) is 3.29. The molecule has 0 aliphatic heterocycles. The van der Waals surface area contributed by atoms with Crippen LogP contribution in [0.15, 0.2) is 58.0 Å². The van der Waals surface area contributed by atoms with Crippen LogP contribution in [0.2, 0.25) is 5.02 Å². The normalized spacial score (nSPS) is 11.4. The third kappa shape index (κ3) is 4.26. The van der Waals surface area contributed by atoms with E-state index in [2.05, 4.69) is 26.2 Å². The first-order valence-electron chi connectivity index (χ1n) is 5.71. The van der Waals surface area contributed by atoms with E-state index in [-0.39, 0.29) is 0 Å². The molecule has 19 heavy (non-hydrogen) atoms. The molecule has 2 aromatic rings. The molecule has 0 aliphatic rings. The van der Waals surface area contributed by atoms with Crippen molar-refractivity contribution in [2.45, 2.75) is 6.54 Å². The van der Waals surface area contributed by atoms with Crippen LogP contribution in [0, 0.1) is 0 Å². The number of aliphatic imine (C=N–C) groups is 1. The first-order valence-corrected chi connectivity index (χ1v) is 6.88. The van der Waals surface area contributed by atoms with Gasteiger partial charge in [-0.2, -0.15) is 0 Å². The molecule has 2 rings (SSSR count). The highest BCUT2D eigenvalue weighted by molar-refractivity contribution is 9.10. The Kier molecular flexibility index (Phi) is 4.82. The molecule has 0 unspecified atom stereocenters. The van der Waals surface area contributed by atoms with E-state index in [0.29, 0.717) is 17.5 Å². The maximum Gasteiger partial charge on any atom is 0.193 e. The molecule has 98 valence electrons. The van der Waals surface area contributed by atoms with Crippen LogP contribution in [-0.4, -0.2) is 5.96 Å². The lowest BCUT2D eigenvalue weighted by Gasteiger charge is -2.08. The molecule has 0 aliphatic carbocycles. The molecule has 0 radical (unpaired) electrons. The molecule has 0 saturated heterocycles. The van der Waals surface area contributed by atoms with E-state index in [1.54, 1.807) is 6.07 Å². The second-order valence-electron chi connectivity index (χ2n) is 3.94. The van der Waals surface area contributed by atoms with Crippen molar-refractivity contribution in [2.24, 2.45) is 10.7 Å². The highest BCUT2D eigenvalue weighted by Gasteiger charge is 2.02. The fraction of sp³-hybridized carbons (Fsp3) is 0.0714. The van der Waals surface area contributed by atoms with Gasteiger partial charge in [-0.15, -0.1) is 0 Å². The smallest absolute Gasteiger partial charge is 0.193 e. The van der Waals surface area contributed by atoms with E-state index in [1.165, 1.54) is 0 Å².